The SMILES string of the molecule is CN1CCCC1c1ccc(CNC(=O)c2cc(Cl)c(N)c(Cl)c2)cc1. The van der Waals surface area contributed by atoms with Crippen LogP contribution in [0.3, 0.4) is 0 Å². The third-order valence-electron chi connectivity index (χ3n) is 4.68. The average Bonchev–Trinajstić information content (AvgIpc) is 3.03. The number of benzene rings is 2. The van der Waals surface area contributed by atoms with Crippen LogP contribution in [0.15, 0.2) is 36.4 Å². The lowest BCUT2D eigenvalue weighted by molar-refractivity contribution is 0.0951. The van der Waals surface area contributed by atoms with E-state index in [1.807, 2.05) is 0 Å². The van der Waals surface area contributed by atoms with E-state index in [1.165, 1.54) is 30.5 Å². The van der Waals surface area contributed by atoms with Crippen molar-refractivity contribution in [3.63, 3.8) is 0 Å². The third-order valence-corrected chi connectivity index (χ3v) is 5.30. The van der Waals surface area contributed by atoms with Crippen LogP contribution in [0.2, 0.25) is 10.0 Å². The van der Waals surface area contributed by atoms with Gasteiger partial charge in [-0.3, -0.25) is 9.69 Å². The molecule has 0 bridgehead atoms. The second kappa shape index (κ2) is 7.65. The normalized spacial score (nSPS) is 17.6. The first-order valence-electron chi connectivity index (χ1n) is 8.27. The van der Waals surface area contributed by atoms with E-state index in [9.17, 15) is 4.79 Å². The molecule has 6 heteroatoms. The fraction of sp³-hybridized carbons (Fsp3) is 0.316. The molecule has 1 aliphatic heterocycles. The van der Waals surface area contributed by atoms with Gasteiger partial charge < -0.3 is 11.1 Å². The summed E-state index contributed by atoms with van der Waals surface area (Å²) in [6.45, 7) is 1.59. The van der Waals surface area contributed by atoms with Gasteiger partial charge in [-0.2, -0.15) is 0 Å². The summed E-state index contributed by atoms with van der Waals surface area (Å²) in [6, 6.07) is 12.0. The molecule has 1 fully saturated rings. The van der Waals surface area contributed by atoms with Gasteiger partial charge in [0.15, 0.2) is 0 Å². The Morgan fingerprint density at radius 3 is 2.44 bits per heavy atom. The lowest BCUT2D eigenvalue weighted by Gasteiger charge is -2.20. The molecule has 1 atom stereocenters. The summed E-state index contributed by atoms with van der Waals surface area (Å²) >= 11 is 12.0. The molecule has 4 nitrogen and oxygen atoms in total. The Labute approximate surface area is 157 Å². The molecular formula is C19H21Cl2N3O. The largest absolute Gasteiger partial charge is 0.396 e. The van der Waals surface area contributed by atoms with Crippen molar-refractivity contribution < 1.29 is 4.79 Å². The van der Waals surface area contributed by atoms with Crippen molar-refractivity contribution in [2.45, 2.75) is 25.4 Å². The number of carbonyl (C=O) groups is 1. The van der Waals surface area contributed by atoms with Crippen LogP contribution in [0.4, 0.5) is 5.69 Å². The number of amides is 1. The lowest BCUT2D eigenvalue weighted by Crippen LogP contribution is -2.23. The zero-order valence-electron chi connectivity index (χ0n) is 14.1. The molecule has 0 aliphatic carbocycles. The molecule has 1 amide bonds. The summed E-state index contributed by atoms with van der Waals surface area (Å²) in [5, 5.41) is 3.44. The van der Waals surface area contributed by atoms with Crippen molar-refractivity contribution in [1.29, 1.82) is 0 Å². The third kappa shape index (κ3) is 4.09. The van der Waals surface area contributed by atoms with Gasteiger partial charge in [0.2, 0.25) is 0 Å². The maximum Gasteiger partial charge on any atom is 0.251 e. The van der Waals surface area contributed by atoms with E-state index in [0.29, 0.717) is 18.2 Å². The highest BCUT2D eigenvalue weighted by molar-refractivity contribution is 6.39. The summed E-state index contributed by atoms with van der Waals surface area (Å²) in [5.41, 5.74) is 8.75. The molecule has 1 aliphatic rings. The van der Waals surface area contributed by atoms with Crippen molar-refractivity contribution >= 4 is 34.8 Å². The van der Waals surface area contributed by atoms with Gasteiger partial charge in [0.25, 0.3) is 5.91 Å². The van der Waals surface area contributed by atoms with E-state index in [1.54, 1.807) is 0 Å². The molecule has 3 N–H and O–H groups in total. The van der Waals surface area contributed by atoms with Crippen LogP contribution in [0.25, 0.3) is 0 Å². The van der Waals surface area contributed by atoms with E-state index in [-0.39, 0.29) is 21.6 Å². The molecule has 0 radical (unpaired) electrons. The van der Waals surface area contributed by atoms with E-state index >= 15 is 0 Å². The number of anilines is 1. The Morgan fingerprint density at radius 2 is 1.88 bits per heavy atom. The molecule has 1 unspecified atom stereocenters. The predicted molar refractivity (Wildman–Crippen MR) is 103 cm³/mol. The van der Waals surface area contributed by atoms with Crippen LogP contribution in [0.5, 0.6) is 0 Å². The van der Waals surface area contributed by atoms with Crippen molar-refractivity contribution in [1.82, 2.24) is 10.2 Å². The molecule has 0 spiro atoms. The van der Waals surface area contributed by atoms with Crippen molar-refractivity contribution in [2.75, 3.05) is 19.3 Å². The minimum atomic E-state index is -0.233. The molecule has 3 rings (SSSR count). The van der Waals surface area contributed by atoms with E-state index < -0.39 is 0 Å². The Morgan fingerprint density at radius 1 is 1.24 bits per heavy atom. The number of rotatable bonds is 4. The van der Waals surface area contributed by atoms with E-state index in [4.69, 9.17) is 28.9 Å². The minimum Gasteiger partial charge on any atom is -0.396 e. The van der Waals surface area contributed by atoms with Gasteiger partial charge in [0.1, 0.15) is 0 Å². The molecule has 0 aromatic heterocycles. The van der Waals surface area contributed by atoms with Crippen molar-refractivity contribution in [3.05, 3.63) is 63.1 Å². The maximum absolute atomic E-state index is 12.3. The Kier molecular flexibility index (Phi) is 5.52. The van der Waals surface area contributed by atoms with Crippen LogP contribution in [0.1, 0.15) is 40.4 Å². The number of nitrogens with two attached hydrogens (primary N) is 1. The van der Waals surface area contributed by atoms with Gasteiger partial charge in [0, 0.05) is 18.2 Å². The van der Waals surface area contributed by atoms with E-state index in [0.717, 1.165) is 12.1 Å². The smallest absolute Gasteiger partial charge is 0.251 e. The van der Waals surface area contributed by atoms with Gasteiger partial charge in [-0.1, -0.05) is 47.5 Å². The topological polar surface area (TPSA) is 58.4 Å². The Bertz CT molecular complexity index is 754. The number of nitrogen functional groups attached to an aromatic ring is 1. The Balaban J connectivity index is 1.62. The summed E-state index contributed by atoms with van der Waals surface area (Å²) in [7, 11) is 2.16. The number of halogens is 2. The first-order chi connectivity index (χ1) is 12.0. The van der Waals surface area contributed by atoms with Gasteiger partial charge >= 0.3 is 0 Å². The zero-order chi connectivity index (χ0) is 18.0. The summed E-state index contributed by atoms with van der Waals surface area (Å²) in [5.74, 6) is -0.233. The van der Waals surface area contributed by atoms with Crippen LogP contribution in [-0.4, -0.2) is 24.4 Å². The quantitative estimate of drug-likeness (QED) is 0.781. The fourth-order valence-electron chi connectivity index (χ4n) is 3.19. The summed E-state index contributed by atoms with van der Waals surface area (Å²) in [4.78, 5) is 14.7. The zero-order valence-corrected chi connectivity index (χ0v) is 15.6. The van der Waals surface area contributed by atoms with Crippen LogP contribution in [-0.2, 0) is 6.54 Å². The highest BCUT2D eigenvalue weighted by Gasteiger charge is 2.22. The number of likely N-dealkylation sites (tertiary alicyclic amines) is 1. The maximum atomic E-state index is 12.3. The monoisotopic (exact) mass is 377 g/mol. The second-order valence-electron chi connectivity index (χ2n) is 6.42. The molecule has 0 saturated carbocycles. The van der Waals surface area contributed by atoms with Gasteiger partial charge in [-0.05, 0) is 49.7 Å². The standard InChI is InChI=1S/C19H21Cl2N3O/c1-24-8-2-3-17(24)13-6-4-12(5-7-13)11-23-19(25)14-9-15(20)18(22)16(21)10-14/h4-7,9-10,17H,2-3,8,11,22H2,1H3,(H,23,25). The van der Waals surface area contributed by atoms with Gasteiger partial charge in [0.05, 0.1) is 15.7 Å². The second-order valence-corrected chi connectivity index (χ2v) is 7.23. The number of nitrogens with one attached hydrogen (secondary N) is 1. The number of nitrogens with zero attached hydrogens (tertiary/aromatic N) is 1. The molecule has 132 valence electrons. The highest BCUT2D eigenvalue weighted by atomic mass is 35.5. The molecule has 25 heavy (non-hydrogen) atoms. The Hall–Kier alpha value is -1.75. The van der Waals surface area contributed by atoms with E-state index in [2.05, 4.69) is 41.5 Å². The van der Waals surface area contributed by atoms with Crippen LogP contribution < -0.4 is 11.1 Å². The van der Waals surface area contributed by atoms with Crippen LogP contribution in [0, 0.1) is 0 Å². The van der Waals surface area contributed by atoms with Crippen molar-refractivity contribution in [3.8, 4) is 0 Å². The number of hydrogen-bond acceptors (Lipinski definition) is 3. The number of carbonyl (C=O) groups excluding carboxylic acids is 1. The average molecular weight is 378 g/mol. The minimum absolute atomic E-state index is 0.233. The van der Waals surface area contributed by atoms with Crippen LogP contribution >= 0.6 is 23.2 Å². The molecule has 2 aromatic rings. The molecule has 2 aromatic carbocycles. The summed E-state index contributed by atoms with van der Waals surface area (Å²) < 4.78 is 0. The summed E-state index contributed by atoms with van der Waals surface area (Å²) in [6.07, 6.45) is 2.44. The lowest BCUT2D eigenvalue weighted by atomic mass is 10.0. The predicted octanol–water partition coefficient (Wildman–Crippen LogP) is 4.27. The molecule has 1 heterocycles. The molecule has 1 saturated heterocycles. The van der Waals surface area contributed by atoms with Gasteiger partial charge in [-0.15, -0.1) is 0 Å². The first-order valence-corrected chi connectivity index (χ1v) is 9.03. The first kappa shape index (κ1) is 18.1. The molecular weight excluding hydrogens is 357 g/mol. The van der Waals surface area contributed by atoms with Gasteiger partial charge in [-0.25, -0.2) is 0 Å². The fourth-order valence-corrected chi connectivity index (χ4v) is 3.68. The number of hydrogen-bond donors (Lipinski definition) is 2. The van der Waals surface area contributed by atoms with Crippen molar-refractivity contribution in [2.24, 2.45) is 0 Å². The highest BCUT2D eigenvalue weighted by Crippen LogP contribution is 2.30.